The largest absolute Gasteiger partial charge is 0.481 e. The zero-order valence-corrected chi connectivity index (χ0v) is 24.4. The van der Waals surface area contributed by atoms with Gasteiger partial charge in [-0.15, -0.1) is 0 Å². The number of methoxy groups -OCH3 is 1. The molecular formula is C30H45N7O3. The Kier molecular flexibility index (Phi) is 13.7. The molecule has 0 saturated carbocycles. The number of nitrogen functional groups attached to an aromatic ring is 1. The van der Waals surface area contributed by atoms with Gasteiger partial charge in [0.15, 0.2) is 0 Å². The lowest BCUT2D eigenvalue weighted by Crippen LogP contribution is -2.50. The molecule has 2 aliphatic rings. The number of amidine groups is 1. The van der Waals surface area contributed by atoms with E-state index in [1.807, 2.05) is 11.0 Å². The highest BCUT2D eigenvalue weighted by Crippen LogP contribution is 2.20. The molecule has 2 fully saturated rings. The number of aliphatic imine (C=N–C) groups is 1. The summed E-state index contributed by atoms with van der Waals surface area (Å²) in [7, 11) is 3.73. The number of anilines is 2. The molecule has 0 aliphatic carbocycles. The molecule has 40 heavy (non-hydrogen) atoms. The molecule has 1 aromatic rings. The first-order valence-electron chi connectivity index (χ1n) is 13.8. The van der Waals surface area contributed by atoms with Crippen LogP contribution in [0.4, 0.5) is 11.4 Å². The molecule has 0 atom stereocenters. The van der Waals surface area contributed by atoms with Crippen LogP contribution >= 0.6 is 0 Å². The number of ether oxygens (including phenoxy) is 1. The molecule has 3 rings (SSSR count). The van der Waals surface area contributed by atoms with E-state index >= 15 is 0 Å². The summed E-state index contributed by atoms with van der Waals surface area (Å²) in [6.45, 7) is 12.1. The lowest BCUT2D eigenvalue weighted by molar-refractivity contribution is -0.127. The van der Waals surface area contributed by atoms with Crippen LogP contribution < -0.4 is 11.1 Å². The van der Waals surface area contributed by atoms with Gasteiger partial charge >= 0.3 is 0 Å². The van der Waals surface area contributed by atoms with Crippen molar-refractivity contribution in [1.82, 2.24) is 14.7 Å². The van der Waals surface area contributed by atoms with Crippen LogP contribution in [0.3, 0.4) is 0 Å². The fourth-order valence-electron chi connectivity index (χ4n) is 4.24. The topological polar surface area (TPSA) is 127 Å². The first kappa shape index (κ1) is 32.3. The molecule has 10 heteroatoms. The summed E-state index contributed by atoms with van der Waals surface area (Å²) >= 11 is 0. The lowest BCUT2D eigenvalue weighted by Gasteiger charge is -2.35. The number of rotatable bonds is 9. The summed E-state index contributed by atoms with van der Waals surface area (Å²) in [5.74, 6) is 0.599. The minimum Gasteiger partial charge on any atom is -0.481 e. The van der Waals surface area contributed by atoms with Crippen LogP contribution in [0.5, 0.6) is 0 Å². The van der Waals surface area contributed by atoms with Crippen molar-refractivity contribution in [3.8, 4) is 0 Å². The lowest BCUT2D eigenvalue weighted by atomic mass is 10.1. The Hall–Kier alpha value is -3.92. The maximum Gasteiger partial charge on any atom is 0.251 e. The van der Waals surface area contributed by atoms with Crippen molar-refractivity contribution in [2.45, 2.75) is 39.5 Å². The van der Waals surface area contributed by atoms with Gasteiger partial charge in [0, 0.05) is 49.2 Å². The third kappa shape index (κ3) is 10.00. The van der Waals surface area contributed by atoms with Crippen LogP contribution in [0.2, 0.25) is 0 Å². The van der Waals surface area contributed by atoms with Gasteiger partial charge in [-0.3, -0.25) is 9.59 Å². The summed E-state index contributed by atoms with van der Waals surface area (Å²) in [5.41, 5.74) is 7.66. The van der Waals surface area contributed by atoms with Gasteiger partial charge < -0.3 is 35.9 Å². The van der Waals surface area contributed by atoms with E-state index in [0.29, 0.717) is 60.4 Å². The molecule has 0 radical (unpaired) electrons. The third-order valence-electron chi connectivity index (χ3n) is 6.70. The summed E-state index contributed by atoms with van der Waals surface area (Å²) in [6, 6.07) is 5.09. The minimum atomic E-state index is -0.335. The Morgan fingerprint density at radius 3 is 2.33 bits per heavy atom. The average Bonchev–Trinajstić information content (AvgIpc) is 3.45. The number of nitrogens with two attached hydrogens (primary N) is 1. The van der Waals surface area contributed by atoms with E-state index in [2.05, 4.69) is 35.8 Å². The number of hydrogen-bond donors (Lipinski definition) is 3. The smallest absolute Gasteiger partial charge is 0.251 e. The SMILES string of the molecule is C=CC(=O)N1CCN(C(/C=C(\C)C(=O)Nc2cccc(N)c2C=N)=N/C(=C/CCC)OC)CC1.CN1CCCC1. The van der Waals surface area contributed by atoms with E-state index in [1.54, 1.807) is 43.2 Å². The van der Waals surface area contributed by atoms with Crippen molar-refractivity contribution >= 4 is 35.2 Å². The Morgan fingerprint density at radius 1 is 1.15 bits per heavy atom. The van der Waals surface area contributed by atoms with Gasteiger partial charge in [0.05, 0.1) is 12.8 Å². The molecule has 0 aromatic heterocycles. The van der Waals surface area contributed by atoms with Crippen LogP contribution in [0.15, 0.2) is 59.5 Å². The number of nitrogens with one attached hydrogen (secondary N) is 2. The zero-order valence-electron chi connectivity index (χ0n) is 24.4. The van der Waals surface area contributed by atoms with E-state index < -0.39 is 0 Å². The molecule has 0 bridgehead atoms. The van der Waals surface area contributed by atoms with Gasteiger partial charge in [0.1, 0.15) is 5.84 Å². The fourth-order valence-corrected chi connectivity index (χ4v) is 4.24. The van der Waals surface area contributed by atoms with Crippen molar-refractivity contribution in [1.29, 1.82) is 5.41 Å². The number of allylic oxidation sites excluding steroid dienone is 1. The van der Waals surface area contributed by atoms with E-state index in [-0.39, 0.29) is 11.8 Å². The number of unbranched alkanes of at least 4 members (excludes halogenated alkanes) is 1. The molecule has 1 aromatic carbocycles. The highest BCUT2D eigenvalue weighted by atomic mass is 16.5. The van der Waals surface area contributed by atoms with E-state index in [0.717, 1.165) is 19.1 Å². The van der Waals surface area contributed by atoms with E-state index in [9.17, 15) is 9.59 Å². The molecule has 10 nitrogen and oxygen atoms in total. The van der Waals surface area contributed by atoms with Gasteiger partial charge in [0.25, 0.3) is 5.91 Å². The molecule has 0 unspecified atom stereocenters. The average molecular weight is 552 g/mol. The number of likely N-dealkylation sites (tertiary alicyclic amines) is 1. The van der Waals surface area contributed by atoms with Crippen LogP contribution in [0.25, 0.3) is 0 Å². The maximum atomic E-state index is 12.9. The Balaban J connectivity index is 0.000000821. The second-order valence-corrected chi connectivity index (χ2v) is 9.77. The number of nitrogens with zero attached hydrogens (tertiary/aromatic N) is 4. The van der Waals surface area contributed by atoms with E-state index in [1.165, 1.54) is 32.0 Å². The second-order valence-electron chi connectivity index (χ2n) is 9.77. The molecule has 0 spiro atoms. The number of amides is 2. The Bertz CT molecular complexity index is 1110. The first-order valence-corrected chi connectivity index (χ1v) is 13.8. The van der Waals surface area contributed by atoms with Gasteiger partial charge in [-0.1, -0.05) is 26.0 Å². The summed E-state index contributed by atoms with van der Waals surface area (Å²) in [4.78, 5) is 35.7. The van der Waals surface area contributed by atoms with Crippen molar-refractivity contribution in [2.75, 3.05) is 64.5 Å². The second kappa shape index (κ2) is 16.9. The highest BCUT2D eigenvalue weighted by molar-refractivity contribution is 6.10. The monoisotopic (exact) mass is 551 g/mol. The molecule has 2 aliphatic heterocycles. The number of piperazine rings is 1. The van der Waals surface area contributed by atoms with Crippen LogP contribution in [-0.4, -0.2) is 92.0 Å². The standard InChI is InChI=1S/C25H34N6O3.C5H11N/c1-5-7-11-23(34-4)29-22(30-12-14-31(15-13-30)24(32)6-2)16-18(3)25(33)28-21-10-8-9-20(27)19(21)17-26;1-6-4-2-3-5-6/h6,8-11,16-17,26H,2,5,7,12-15,27H2,1,3-4H3,(H,28,33);2-5H2,1H3/b18-16+,23-11-,26-17?,29-22+;. The molecule has 2 amide bonds. The number of hydrogen-bond acceptors (Lipinski definition) is 7. The number of carbonyl (C=O) groups excluding carboxylic acids is 2. The van der Waals surface area contributed by atoms with Gasteiger partial charge in [-0.25, -0.2) is 0 Å². The van der Waals surface area contributed by atoms with Crippen LogP contribution in [-0.2, 0) is 14.3 Å². The van der Waals surface area contributed by atoms with Crippen molar-refractivity contribution in [2.24, 2.45) is 4.99 Å². The Morgan fingerprint density at radius 2 is 1.80 bits per heavy atom. The van der Waals surface area contributed by atoms with E-state index in [4.69, 9.17) is 15.9 Å². The van der Waals surface area contributed by atoms with Crippen LogP contribution in [0.1, 0.15) is 45.1 Å². The predicted octanol–water partition coefficient (Wildman–Crippen LogP) is 3.88. The minimum absolute atomic E-state index is 0.103. The maximum absolute atomic E-state index is 12.9. The van der Waals surface area contributed by atoms with Gasteiger partial charge in [-0.2, -0.15) is 4.99 Å². The number of carbonyl (C=O) groups is 2. The normalized spacial score (nSPS) is 16.6. The van der Waals surface area contributed by atoms with Gasteiger partial charge in [0.2, 0.25) is 11.8 Å². The van der Waals surface area contributed by atoms with Crippen molar-refractivity contribution in [3.63, 3.8) is 0 Å². The van der Waals surface area contributed by atoms with Gasteiger partial charge in [-0.05, 0) is 76.7 Å². The molecular weight excluding hydrogens is 506 g/mol. The molecule has 2 heterocycles. The highest BCUT2D eigenvalue weighted by Gasteiger charge is 2.22. The third-order valence-corrected chi connectivity index (χ3v) is 6.70. The quantitative estimate of drug-likeness (QED) is 0.141. The van der Waals surface area contributed by atoms with Crippen molar-refractivity contribution < 1.29 is 14.3 Å². The zero-order chi connectivity index (χ0) is 29.5. The summed E-state index contributed by atoms with van der Waals surface area (Å²) in [5, 5.41) is 10.4. The first-order chi connectivity index (χ1) is 19.2. The van der Waals surface area contributed by atoms with Crippen LogP contribution in [0, 0.1) is 5.41 Å². The summed E-state index contributed by atoms with van der Waals surface area (Å²) < 4.78 is 5.43. The Labute approximate surface area is 238 Å². The number of benzene rings is 1. The predicted molar refractivity (Wildman–Crippen MR) is 164 cm³/mol. The summed E-state index contributed by atoms with van der Waals surface area (Å²) in [6.07, 6.45) is 10.6. The molecule has 4 N–H and O–H groups in total. The molecule has 218 valence electrons. The fraction of sp³-hybridized carbons (Fsp3) is 0.467. The van der Waals surface area contributed by atoms with Crippen molar-refractivity contribution in [3.05, 3.63) is 60.0 Å². The molecule has 2 saturated heterocycles.